The highest BCUT2D eigenvalue weighted by Gasteiger charge is 2.31. The molecule has 1 N–H and O–H groups in total. The number of carbonyl (C=O) groups is 2. The lowest BCUT2D eigenvalue weighted by molar-refractivity contribution is -0.116. The van der Waals surface area contributed by atoms with E-state index in [1.807, 2.05) is 20.8 Å². The fourth-order valence-corrected chi connectivity index (χ4v) is 4.53. The molecule has 190 valence electrons. The van der Waals surface area contributed by atoms with Crippen molar-refractivity contribution in [2.45, 2.75) is 125 Å². The van der Waals surface area contributed by atoms with Crippen molar-refractivity contribution in [3.8, 4) is 0 Å². The highest BCUT2D eigenvalue weighted by Crippen LogP contribution is 2.32. The Labute approximate surface area is 208 Å². The molecule has 0 aromatic rings. The lowest BCUT2D eigenvalue weighted by atomic mass is 9.79. The molecule has 0 saturated carbocycles. The lowest BCUT2D eigenvalue weighted by Gasteiger charge is -2.26. The molecule has 0 spiro atoms. The Morgan fingerprint density at radius 2 is 1.26 bits per heavy atom. The van der Waals surface area contributed by atoms with Crippen LogP contribution in [-0.4, -0.2) is 22.3 Å². The summed E-state index contributed by atoms with van der Waals surface area (Å²) in [6.07, 6.45) is 14.7. The van der Waals surface area contributed by atoms with Crippen molar-refractivity contribution in [1.82, 2.24) is 0 Å². The highest BCUT2D eigenvalue weighted by molar-refractivity contribution is 6.24. The Morgan fingerprint density at radius 3 is 1.79 bits per heavy atom. The van der Waals surface area contributed by atoms with Gasteiger partial charge in [-0.05, 0) is 106 Å². The smallest absolute Gasteiger partial charge is 0.185 e. The zero-order valence-electron chi connectivity index (χ0n) is 23.1. The molecule has 3 heteroatoms. The van der Waals surface area contributed by atoms with Crippen LogP contribution in [0.5, 0.6) is 0 Å². The Bertz CT molecular complexity index is 884. The van der Waals surface area contributed by atoms with Crippen molar-refractivity contribution in [2.75, 3.05) is 0 Å². The van der Waals surface area contributed by atoms with Gasteiger partial charge in [-0.2, -0.15) is 0 Å². The second-order valence-corrected chi connectivity index (χ2v) is 10.4. The molecule has 0 bridgehead atoms. The third-order valence-corrected chi connectivity index (χ3v) is 6.90. The van der Waals surface area contributed by atoms with E-state index < -0.39 is 5.60 Å². The van der Waals surface area contributed by atoms with Crippen LogP contribution in [0.15, 0.2) is 57.2 Å². The van der Waals surface area contributed by atoms with Crippen LogP contribution in [0.25, 0.3) is 0 Å². The van der Waals surface area contributed by atoms with Crippen LogP contribution in [-0.2, 0) is 9.59 Å². The van der Waals surface area contributed by atoms with E-state index in [1.54, 1.807) is 6.92 Å². The van der Waals surface area contributed by atoms with Crippen molar-refractivity contribution in [3.05, 3.63) is 57.2 Å². The second-order valence-electron chi connectivity index (χ2n) is 10.4. The summed E-state index contributed by atoms with van der Waals surface area (Å²) in [5.41, 5.74) is 5.79. The number of Topliss-reactive ketones (excluding diaryl/α,β-unsaturated/α-hetero) is 2. The van der Waals surface area contributed by atoms with Gasteiger partial charge in [0.25, 0.3) is 0 Å². The zero-order chi connectivity index (χ0) is 25.9. The summed E-state index contributed by atoms with van der Waals surface area (Å²) in [6, 6.07) is 0. The molecular weight excluding hydrogens is 420 g/mol. The predicted molar refractivity (Wildman–Crippen MR) is 145 cm³/mol. The predicted octanol–water partition coefficient (Wildman–Crippen LogP) is 8.30. The van der Waals surface area contributed by atoms with Crippen molar-refractivity contribution < 1.29 is 14.7 Å². The maximum atomic E-state index is 13.0. The van der Waals surface area contributed by atoms with E-state index >= 15 is 0 Å². The van der Waals surface area contributed by atoms with Crippen LogP contribution < -0.4 is 0 Å². The Morgan fingerprint density at radius 1 is 0.765 bits per heavy atom. The molecule has 0 aromatic carbocycles. The highest BCUT2D eigenvalue weighted by atomic mass is 16.3. The molecule has 0 fully saturated rings. The summed E-state index contributed by atoms with van der Waals surface area (Å²) in [5, 5.41) is 10.9. The van der Waals surface area contributed by atoms with E-state index in [2.05, 4.69) is 45.9 Å². The van der Waals surface area contributed by atoms with Gasteiger partial charge < -0.3 is 5.11 Å². The van der Waals surface area contributed by atoms with Crippen molar-refractivity contribution in [3.63, 3.8) is 0 Å². The van der Waals surface area contributed by atoms with Crippen LogP contribution in [0.1, 0.15) is 120 Å². The maximum absolute atomic E-state index is 13.0. The molecule has 1 aliphatic rings. The molecule has 34 heavy (non-hydrogen) atoms. The molecule has 0 heterocycles. The summed E-state index contributed by atoms with van der Waals surface area (Å²) in [5.74, 6) is 0.0144. The first-order chi connectivity index (χ1) is 15.9. The topological polar surface area (TPSA) is 54.4 Å². The van der Waals surface area contributed by atoms with Gasteiger partial charge in [0.1, 0.15) is 0 Å². The second kappa shape index (κ2) is 14.4. The van der Waals surface area contributed by atoms with E-state index in [-0.39, 0.29) is 11.6 Å². The number of rotatable bonds is 14. The van der Waals surface area contributed by atoms with Gasteiger partial charge in [0.05, 0.1) is 5.60 Å². The van der Waals surface area contributed by atoms with E-state index in [9.17, 15) is 14.7 Å². The van der Waals surface area contributed by atoms with Gasteiger partial charge in [-0.15, -0.1) is 0 Å². The minimum atomic E-state index is -0.865. The molecule has 3 nitrogen and oxygen atoms in total. The van der Waals surface area contributed by atoms with Crippen LogP contribution in [0.4, 0.5) is 0 Å². The number of aliphatic hydroxyl groups is 1. The van der Waals surface area contributed by atoms with Gasteiger partial charge in [-0.1, -0.05) is 48.8 Å². The third kappa shape index (κ3) is 9.70. The molecule has 0 saturated heterocycles. The summed E-state index contributed by atoms with van der Waals surface area (Å²) in [4.78, 5) is 25.7. The number of hydrogen-bond acceptors (Lipinski definition) is 3. The Balaban J connectivity index is 2.57. The van der Waals surface area contributed by atoms with E-state index in [1.165, 1.54) is 16.7 Å². The van der Waals surface area contributed by atoms with Gasteiger partial charge in [0.2, 0.25) is 0 Å². The number of carbonyl (C=O) groups excluding carboxylic acids is 2. The molecule has 1 unspecified atom stereocenters. The number of ketones is 2. The average Bonchev–Trinajstić information content (AvgIpc) is 2.75. The van der Waals surface area contributed by atoms with Gasteiger partial charge in [0.15, 0.2) is 11.6 Å². The number of allylic oxidation sites excluding steroid dienone is 10. The van der Waals surface area contributed by atoms with Gasteiger partial charge in [-0.25, -0.2) is 0 Å². The summed E-state index contributed by atoms with van der Waals surface area (Å²) >= 11 is 0. The van der Waals surface area contributed by atoms with E-state index in [0.29, 0.717) is 54.4 Å². The minimum absolute atomic E-state index is 0.00666. The maximum Gasteiger partial charge on any atom is 0.185 e. The fraction of sp³-hybridized carbons (Fsp3) is 0.613. The standard InChI is InChI=1S/C31H48O3/c1-9-26-27(10-2)30(33)28(25(7)29(26)32)19-21-31(8,34)20-13-18-24(6)17-12-16-23(5)15-11-14-22(3)4/h14,16,18,34H,9-13,15,17,19-21H2,1-8H3. The summed E-state index contributed by atoms with van der Waals surface area (Å²) < 4.78 is 0. The van der Waals surface area contributed by atoms with E-state index in [0.717, 1.165) is 32.1 Å². The molecular formula is C31H48O3. The van der Waals surface area contributed by atoms with Crippen molar-refractivity contribution in [1.29, 1.82) is 0 Å². The van der Waals surface area contributed by atoms with Crippen molar-refractivity contribution >= 4 is 11.6 Å². The lowest BCUT2D eigenvalue weighted by Crippen LogP contribution is -2.27. The van der Waals surface area contributed by atoms with Crippen LogP contribution in [0, 0.1) is 0 Å². The van der Waals surface area contributed by atoms with Crippen LogP contribution in [0.2, 0.25) is 0 Å². The number of hydrogen-bond donors (Lipinski definition) is 1. The average molecular weight is 469 g/mol. The normalized spacial score (nSPS) is 17.4. The van der Waals surface area contributed by atoms with Crippen molar-refractivity contribution in [2.24, 2.45) is 0 Å². The largest absolute Gasteiger partial charge is 0.390 e. The first kappa shape index (κ1) is 30.0. The zero-order valence-corrected chi connectivity index (χ0v) is 23.1. The van der Waals surface area contributed by atoms with Crippen LogP contribution in [0.3, 0.4) is 0 Å². The fourth-order valence-electron chi connectivity index (χ4n) is 4.53. The van der Waals surface area contributed by atoms with Gasteiger partial charge >= 0.3 is 0 Å². The van der Waals surface area contributed by atoms with E-state index in [4.69, 9.17) is 0 Å². The molecule has 0 aliphatic heterocycles. The molecule has 1 rings (SSSR count). The third-order valence-electron chi connectivity index (χ3n) is 6.90. The first-order valence-corrected chi connectivity index (χ1v) is 13.1. The Kier molecular flexibility index (Phi) is 12.7. The summed E-state index contributed by atoms with van der Waals surface area (Å²) in [7, 11) is 0. The molecule has 1 atom stereocenters. The van der Waals surface area contributed by atoms with Crippen LogP contribution >= 0.6 is 0 Å². The quantitative estimate of drug-likeness (QED) is 0.206. The van der Waals surface area contributed by atoms with Gasteiger partial charge in [-0.3, -0.25) is 9.59 Å². The Hall–Kier alpha value is -2.00. The SMILES string of the molecule is CCC1=C(CC)C(=O)C(CCC(C)(O)CCC=C(C)CCC=C(C)CCC=C(C)C)=C(C)C1=O. The summed E-state index contributed by atoms with van der Waals surface area (Å²) in [6.45, 7) is 16.1. The molecule has 1 aliphatic carbocycles. The minimum Gasteiger partial charge on any atom is -0.390 e. The molecule has 0 amide bonds. The molecule has 0 aromatic heterocycles. The first-order valence-electron chi connectivity index (χ1n) is 13.1. The monoisotopic (exact) mass is 468 g/mol. The molecule has 0 radical (unpaired) electrons. The van der Waals surface area contributed by atoms with Gasteiger partial charge in [0, 0.05) is 22.3 Å².